The van der Waals surface area contributed by atoms with Gasteiger partial charge in [-0.25, -0.2) is 8.42 Å². The maximum Gasteiger partial charge on any atom is 0.242 e. The Morgan fingerprint density at radius 1 is 1.09 bits per heavy atom. The standard InChI is InChI=1S/C25H34ClN3O4S/c1-5-16-27-25(31)20(3)28(18-21-9-6-7-10-23(21)26)24(30)11-8-17-29(34(4,32)33)22-14-12-19(2)13-15-22/h6-7,9-10,12-15,20H,5,8,11,16-18H2,1-4H3,(H,27,31)/t20-/m0/s1. The van der Waals surface area contributed by atoms with E-state index in [0.717, 1.165) is 23.8 Å². The monoisotopic (exact) mass is 507 g/mol. The number of carbonyl (C=O) groups is 2. The van der Waals surface area contributed by atoms with Crippen molar-refractivity contribution in [1.82, 2.24) is 10.2 Å². The average molecular weight is 508 g/mol. The Kier molecular flexibility index (Phi) is 10.4. The molecule has 0 bridgehead atoms. The number of sulfonamides is 1. The van der Waals surface area contributed by atoms with Crippen molar-refractivity contribution in [3.63, 3.8) is 0 Å². The first-order valence-electron chi connectivity index (χ1n) is 11.4. The molecule has 0 saturated carbocycles. The van der Waals surface area contributed by atoms with Crippen molar-refractivity contribution in [1.29, 1.82) is 0 Å². The lowest BCUT2D eigenvalue weighted by atomic mass is 10.1. The predicted molar refractivity (Wildman–Crippen MR) is 137 cm³/mol. The van der Waals surface area contributed by atoms with Crippen LogP contribution in [0.3, 0.4) is 0 Å². The Labute approximate surface area is 208 Å². The Balaban J connectivity index is 2.15. The van der Waals surface area contributed by atoms with Crippen molar-refractivity contribution in [2.75, 3.05) is 23.7 Å². The van der Waals surface area contributed by atoms with Gasteiger partial charge in [-0.2, -0.15) is 0 Å². The second-order valence-corrected chi connectivity index (χ2v) is 10.7. The van der Waals surface area contributed by atoms with E-state index < -0.39 is 16.1 Å². The van der Waals surface area contributed by atoms with Gasteiger partial charge >= 0.3 is 0 Å². The van der Waals surface area contributed by atoms with E-state index in [0.29, 0.717) is 23.7 Å². The van der Waals surface area contributed by atoms with Crippen LogP contribution in [0.4, 0.5) is 5.69 Å². The summed E-state index contributed by atoms with van der Waals surface area (Å²) >= 11 is 6.30. The molecule has 1 atom stereocenters. The van der Waals surface area contributed by atoms with Gasteiger partial charge in [0, 0.05) is 31.1 Å². The van der Waals surface area contributed by atoms with Gasteiger partial charge in [0.2, 0.25) is 21.8 Å². The van der Waals surface area contributed by atoms with Crippen LogP contribution in [0.1, 0.15) is 44.2 Å². The molecule has 7 nitrogen and oxygen atoms in total. The maximum atomic E-state index is 13.2. The first-order valence-corrected chi connectivity index (χ1v) is 13.6. The van der Waals surface area contributed by atoms with Crippen molar-refractivity contribution in [3.05, 3.63) is 64.7 Å². The van der Waals surface area contributed by atoms with Gasteiger partial charge in [0.1, 0.15) is 6.04 Å². The third-order valence-electron chi connectivity index (χ3n) is 5.49. The van der Waals surface area contributed by atoms with Gasteiger partial charge in [-0.05, 0) is 50.5 Å². The van der Waals surface area contributed by atoms with Gasteiger partial charge in [-0.1, -0.05) is 54.4 Å². The van der Waals surface area contributed by atoms with E-state index in [2.05, 4.69) is 5.32 Å². The zero-order valence-corrected chi connectivity index (χ0v) is 21.8. The van der Waals surface area contributed by atoms with E-state index in [4.69, 9.17) is 11.6 Å². The number of aryl methyl sites for hydroxylation is 1. The lowest BCUT2D eigenvalue weighted by molar-refractivity contribution is -0.140. The summed E-state index contributed by atoms with van der Waals surface area (Å²) in [6, 6.07) is 13.7. The highest BCUT2D eigenvalue weighted by atomic mass is 35.5. The molecule has 0 aliphatic rings. The third-order valence-corrected chi connectivity index (χ3v) is 7.05. The first-order chi connectivity index (χ1) is 16.0. The fourth-order valence-electron chi connectivity index (χ4n) is 3.50. The molecule has 0 aliphatic heterocycles. The predicted octanol–water partition coefficient (Wildman–Crippen LogP) is 4.14. The van der Waals surface area contributed by atoms with Crippen LogP contribution in [-0.2, 0) is 26.2 Å². The molecule has 2 aromatic carbocycles. The first kappa shape index (κ1) is 27.7. The van der Waals surface area contributed by atoms with Crippen LogP contribution in [0.5, 0.6) is 0 Å². The summed E-state index contributed by atoms with van der Waals surface area (Å²) in [4.78, 5) is 27.4. The summed E-state index contributed by atoms with van der Waals surface area (Å²) in [5.74, 6) is -0.476. The van der Waals surface area contributed by atoms with Crippen LogP contribution < -0.4 is 9.62 Å². The Morgan fingerprint density at radius 3 is 2.32 bits per heavy atom. The second kappa shape index (κ2) is 12.8. The van der Waals surface area contributed by atoms with E-state index in [1.807, 2.05) is 38.1 Å². The van der Waals surface area contributed by atoms with E-state index in [1.54, 1.807) is 31.2 Å². The molecule has 2 amide bonds. The van der Waals surface area contributed by atoms with Crippen LogP contribution >= 0.6 is 11.6 Å². The van der Waals surface area contributed by atoms with Crippen LogP contribution in [-0.4, -0.2) is 50.5 Å². The largest absolute Gasteiger partial charge is 0.354 e. The Morgan fingerprint density at radius 2 is 1.74 bits per heavy atom. The minimum Gasteiger partial charge on any atom is -0.354 e. The lowest BCUT2D eigenvalue weighted by Crippen LogP contribution is -2.47. The normalized spacial score (nSPS) is 12.1. The summed E-state index contributed by atoms with van der Waals surface area (Å²) in [6.45, 7) is 6.45. The minimum absolute atomic E-state index is 0.0910. The molecule has 34 heavy (non-hydrogen) atoms. The molecule has 0 spiro atoms. The van der Waals surface area contributed by atoms with E-state index in [1.165, 1.54) is 9.21 Å². The number of carbonyl (C=O) groups excluding carboxylic acids is 2. The number of rotatable bonds is 12. The van der Waals surface area contributed by atoms with Gasteiger partial charge in [0.05, 0.1) is 11.9 Å². The highest BCUT2D eigenvalue weighted by Crippen LogP contribution is 2.21. The fourth-order valence-corrected chi connectivity index (χ4v) is 4.66. The topological polar surface area (TPSA) is 86.8 Å². The van der Waals surface area contributed by atoms with Crippen LogP contribution in [0.15, 0.2) is 48.5 Å². The van der Waals surface area contributed by atoms with Gasteiger partial charge in [0.25, 0.3) is 0 Å². The molecule has 0 aromatic heterocycles. The number of nitrogens with zero attached hydrogens (tertiary/aromatic N) is 2. The van der Waals surface area contributed by atoms with E-state index in [9.17, 15) is 18.0 Å². The van der Waals surface area contributed by atoms with Crippen LogP contribution in [0, 0.1) is 6.92 Å². The molecule has 1 N–H and O–H groups in total. The molecule has 186 valence electrons. The van der Waals surface area contributed by atoms with Gasteiger partial charge in [-0.3, -0.25) is 13.9 Å². The van der Waals surface area contributed by atoms with Gasteiger partial charge < -0.3 is 10.2 Å². The summed E-state index contributed by atoms with van der Waals surface area (Å²) < 4.78 is 26.0. The number of hydrogen-bond acceptors (Lipinski definition) is 4. The SMILES string of the molecule is CCCNC(=O)[C@H](C)N(Cc1ccccc1Cl)C(=O)CCCN(c1ccc(C)cc1)S(C)(=O)=O. The average Bonchev–Trinajstić information content (AvgIpc) is 2.79. The number of hydrogen-bond donors (Lipinski definition) is 1. The summed E-state index contributed by atoms with van der Waals surface area (Å²) in [6.07, 6.45) is 2.34. The maximum absolute atomic E-state index is 13.2. The summed E-state index contributed by atoms with van der Waals surface area (Å²) in [5, 5.41) is 3.35. The highest BCUT2D eigenvalue weighted by Gasteiger charge is 2.27. The van der Waals surface area contributed by atoms with Crippen molar-refractivity contribution in [3.8, 4) is 0 Å². The molecule has 2 rings (SSSR count). The molecule has 9 heteroatoms. The van der Waals surface area contributed by atoms with Crippen molar-refractivity contribution in [2.24, 2.45) is 0 Å². The number of anilines is 1. The zero-order valence-electron chi connectivity index (χ0n) is 20.3. The fraction of sp³-hybridized carbons (Fsp3) is 0.440. The van der Waals surface area contributed by atoms with E-state index >= 15 is 0 Å². The molecule has 0 aliphatic carbocycles. The molecular formula is C25H34ClN3O4S. The van der Waals surface area contributed by atoms with Crippen molar-refractivity contribution in [2.45, 2.75) is 52.6 Å². The lowest BCUT2D eigenvalue weighted by Gasteiger charge is -2.29. The minimum atomic E-state index is -3.52. The Hall–Kier alpha value is -2.58. The quantitative estimate of drug-likeness (QED) is 0.467. The van der Waals surface area contributed by atoms with E-state index in [-0.39, 0.29) is 31.3 Å². The third kappa shape index (κ3) is 8.02. The highest BCUT2D eigenvalue weighted by molar-refractivity contribution is 7.92. The molecule has 2 aromatic rings. The van der Waals surface area contributed by atoms with Gasteiger partial charge in [-0.15, -0.1) is 0 Å². The number of amides is 2. The smallest absolute Gasteiger partial charge is 0.242 e. The second-order valence-electron chi connectivity index (χ2n) is 8.35. The molecule has 0 radical (unpaired) electrons. The Bertz CT molecular complexity index is 1070. The van der Waals surface area contributed by atoms with Crippen molar-refractivity contribution < 1.29 is 18.0 Å². The molecule has 0 saturated heterocycles. The molecule has 0 unspecified atom stereocenters. The zero-order chi connectivity index (χ0) is 25.3. The molecule has 0 fully saturated rings. The number of halogens is 1. The van der Waals surface area contributed by atoms with Crippen molar-refractivity contribution >= 4 is 39.1 Å². The number of benzene rings is 2. The summed E-state index contributed by atoms with van der Waals surface area (Å²) in [5.41, 5.74) is 2.32. The van der Waals surface area contributed by atoms with Crippen LogP contribution in [0.25, 0.3) is 0 Å². The van der Waals surface area contributed by atoms with Crippen LogP contribution in [0.2, 0.25) is 5.02 Å². The summed E-state index contributed by atoms with van der Waals surface area (Å²) in [7, 11) is -3.52. The number of nitrogens with one attached hydrogen (secondary N) is 1. The van der Waals surface area contributed by atoms with Gasteiger partial charge in [0.15, 0.2) is 0 Å². The molecule has 0 heterocycles. The molecular weight excluding hydrogens is 474 g/mol.